The third-order valence-electron chi connectivity index (χ3n) is 2.81. The number of primary amides is 1. The summed E-state index contributed by atoms with van der Waals surface area (Å²) < 4.78 is 5.26. The van der Waals surface area contributed by atoms with Crippen molar-refractivity contribution in [1.82, 2.24) is 10.6 Å². The highest BCUT2D eigenvalue weighted by Crippen LogP contribution is 2.11. The van der Waals surface area contributed by atoms with Crippen LogP contribution in [0.5, 0.6) is 0 Å². The van der Waals surface area contributed by atoms with Crippen LogP contribution in [-0.2, 0) is 14.3 Å². The Bertz CT molecular complexity index is 341. The number of hydrogen-bond acceptors (Lipinski definition) is 4. The Morgan fingerprint density at radius 2 is 2.16 bits per heavy atom. The van der Waals surface area contributed by atoms with E-state index in [1.165, 1.54) is 0 Å². The van der Waals surface area contributed by atoms with E-state index in [-0.39, 0.29) is 5.92 Å². The van der Waals surface area contributed by atoms with Gasteiger partial charge in [-0.25, -0.2) is 9.59 Å². The SMILES string of the molecule is NC(=O)C[C@@H](NC(=O)NCC1CCCOC1)C(=O)O. The van der Waals surface area contributed by atoms with Gasteiger partial charge in [0, 0.05) is 13.2 Å². The predicted molar refractivity (Wildman–Crippen MR) is 65.3 cm³/mol. The molecule has 0 aromatic rings. The van der Waals surface area contributed by atoms with Gasteiger partial charge >= 0.3 is 12.0 Å². The topological polar surface area (TPSA) is 131 Å². The van der Waals surface area contributed by atoms with Crippen molar-refractivity contribution >= 4 is 17.9 Å². The third-order valence-corrected chi connectivity index (χ3v) is 2.81. The van der Waals surface area contributed by atoms with Crippen LogP contribution in [0.4, 0.5) is 4.79 Å². The van der Waals surface area contributed by atoms with E-state index in [1.807, 2.05) is 0 Å². The van der Waals surface area contributed by atoms with E-state index in [4.69, 9.17) is 15.6 Å². The summed E-state index contributed by atoms with van der Waals surface area (Å²) in [6.45, 7) is 1.74. The summed E-state index contributed by atoms with van der Waals surface area (Å²) in [5, 5.41) is 13.6. The van der Waals surface area contributed by atoms with Gasteiger partial charge < -0.3 is 26.2 Å². The Morgan fingerprint density at radius 3 is 2.68 bits per heavy atom. The number of rotatable bonds is 6. The summed E-state index contributed by atoms with van der Waals surface area (Å²) in [6, 6.07) is -1.93. The molecule has 0 bridgehead atoms. The quantitative estimate of drug-likeness (QED) is 0.495. The maximum Gasteiger partial charge on any atom is 0.326 e. The molecule has 2 atom stereocenters. The van der Waals surface area contributed by atoms with Crippen molar-refractivity contribution < 1.29 is 24.2 Å². The Morgan fingerprint density at radius 1 is 1.42 bits per heavy atom. The lowest BCUT2D eigenvalue weighted by molar-refractivity contribution is -0.140. The first-order valence-corrected chi connectivity index (χ1v) is 6.12. The van der Waals surface area contributed by atoms with Crippen LogP contribution in [-0.4, -0.2) is 48.8 Å². The number of carboxylic acids is 1. The largest absolute Gasteiger partial charge is 0.480 e. The molecule has 1 unspecified atom stereocenters. The molecule has 1 fully saturated rings. The fourth-order valence-corrected chi connectivity index (χ4v) is 1.82. The number of carboxylic acid groups (broad SMARTS) is 1. The Labute approximate surface area is 110 Å². The van der Waals surface area contributed by atoms with Gasteiger partial charge in [-0.3, -0.25) is 4.79 Å². The molecule has 19 heavy (non-hydrogen) atoms. The first-order chi connectivity index (χ1) is 8.99. The number of nitrogens with two attached hydrogens (primary N) is 1. The molecule has 1 saturated heterocycles. The molecular formula is C11H19N3O5. The molecule has 0 aromatic heterocycles. The number of hydrogen-bond donors (Lipinski definition) is 4. The molecule has 1 heterocycles. The van der Waals surface area contributed by atoms with Crippen LogP contribution in [0.25, 0.3) is 0 Å². The van der Waals surface area contributed by atoms with E-state index in [1.54, 1.807) is 0 Å². The van der Waals surface area contributed by atoms with Gasteiger partial charge in [-0.15, -0.1) is 0 Å². The summed E-state index contributed by atoms with van der Waals surface area (Å²) in [7, 11) is 0. The minimum atomic E-state index is -1.31. The summed E-state index contributed by atoms with van der Waals surface area (Å²) in [5.41, 5.74) is 4.91. The monoisotopic (exact) mass is 273 g/mol. The van der Waals surface area contributed by atoms with E-state index in [0.717, 1.165) is 19.4 Å². The lowest BCUT2D eigenvalue weighted by Gasteiger charge is -2.22. The fourth-order valence-electron chi connectivity index (χ4n) is 1.82. The van der Waals surface area contributed by atoms with Crippen LogP contribution in [0.2, 0.25) is 0 Å². The molecule has 8 heteroatoms. The zero-order valence-corrected chi connectivity index (χ0v) is 10.6. The minimum absolute atomic E-state index is 0.235. The van der Waals surface area contributed by atoms with Crippen molar-refractivity contribution in [2.75, 3.05) is 19.8 Å². The summed E-state index contributed by atoms with van der Waals surface area (Å²) >= 11 is 0. The first-order valence-electron chi connectivity index (χ1n) is 6.12. The lowest BCUT2D eigenvalue weighted by atomic mass is 10.0. The van der Waals surface area contributed by atoms with Crippen LogP contribution >= 0.6 is 0 Å². The van der Waals surface area contributed by atoms with Gasteiger partial charge in [0.25, 0.3) is 0 Å². The van der Waals surface area contributed by atoms with Crippen molar-refractivity contribution in [1.29, 1.82) is 0 Å². The normalized spacial score (nSPS) is 20.3. The van der Waals surface area contributed by atoms with Crippen molar-refractivity contribution in [3.63, 3.8) is 0 Å². The zero-order valence-electron chi connectivity index (χ0n) is 10.6. The average Bonchev–Trinajstić information content (AvgIpc) is 2.36. The van der Waals surface area contributed by atoms with Crippen LogP contribution in [0, 0.1) is 5.92 Å². The minimum Gasteiger partial charge on any atom is -0.480 e. The van der Waals surface area contributed by atoms with E-state index in [0.29, 0.717) is 13.2 Å². The summed E-state index contributed by atoms with van der Waals surface area (Å²) in [6.07, 6.45) is 1.48. The molecule has 1 aliphatic rings. The van der Waals surface area contributed by atoms with Crippen molar-refractivity contribution in [2.45, 2.75) is 25.3 Å². The third kappa shape index (κ3) is 6.05. The molecule has 0 aliphatic carbocycles. The first kappa shape index (κ1) is 15.2. The molecule has 0 spiro atoms. The molecule has 0 saturated carbocycles. The highest BCUT2D eigenvalue weighted by atomic mass is 16.5. The zero-order chi connectivity index (χ0) is 14.3. The second-order valence-corrected chi connectivity index (χ2v) is 4.50. The maximum atomic E-state index is 11.5. The molecule has 1 rings (SSSR count). The van der Waals surface area contributed by atoms with Crippen molar-refractivity contribution in [3.05, 3.63) is 0 Å². The molecule has 0 aromatic carbocycles. The molecule has 3 amide bonds. The van der Waals surface area contributed by atoms with Gasteiger partial charge in [0.1, 0.15) is 6.04 Å². The molecule has 0 radical (unpaired) electrons. The fraction of sp³-hybridized carbons (Fsp3) is 0.727. The lowest BCUT2D eigenvalue weighted by Crippen LogP contribution is -2.48. The Kier molecular flexibility index (Phi) is 6.07. The molecule has 108 valence electrons. The highest BCUT2D eigenvalue weighted by molar-refractivity contribution is 5.87. The van der Waals surface area contributed by atoms with E-state index < -0.39 is 30.4 Å². The summed E-state index contributed by atoms with van der Waals surface area (Å²) in [5.74, 6) is -1.85. The van der Waals surface area contributed by atoms with Crippen LogP contribution < -0.4 is 16.4 Å². The molecule has 8 nitrogen and oxygen atoms in total. The number of urea groups is 1. The number of carbonyl (C=O) groups is 3. The highest BCUT2D eigenvalue weighted by Gasteiger charge is 2.22. The number of nitrogens with one attached hydrogen (secondary N) is 2. The smallest absolute Gasteiger partial charge is 0.326 e. The van der Waals surface area contributed by atoms with Crippen LogP contribution in [0.1, 0.15) is 19.3 Å². The van der Waals surface area contributed by atoms with Gasteiger partial charge in [0.2, 0.25) is 5.91 Å². The van der Waals surface area contributed by atoms with E-state index in [9.17, 15) is 14.4 Å². The van der Waals surface area contributed by atoms with Gasteiger partial charge in [-0.1, -0.05) is 0 Å². The number of amides is 3. The number of ether oxygens (including phenoxy) is 1. The second kappa shape index (κ2) is 7.57. The average molecular weight is 273 g/mol. The Hall–Kier alpha value is -1.83. The standard InChI is InChI=1S/C11H19N3O5/c12-9(15)4-8(10(16)17)14-11(18)13-5-7-2-1-3-19-6-7/h7-8H,1-6H2,(H2,12,15)(H,16,17)(H2,13,14,18)/t7?,8-/m1/s1. The van der Waals surface area contributed by atoms with Crippen molar-refractivity contribution in [2.24, 2.45) is 11.7 Å². The summed E-state index contributed by atoms with van der Waals surface area (Å²) in [4.78, 5) is 33.0. The molecular weight excluding hydrogens is 254 g/mol. The molecule has 1 aliphatic heterocycles. The van der Waals surface area contributed by atoms with Crippen molar-refractivity contribution in [3.8, 4) is 0 Å². The van der Waals surface area contributed by atoms with Gasteiger partial charge in [-0.2, -0.15) is 0 Å². The second-order valence-electron chi connectivity index (χ2n) is 4.50. The Balaban J connectivity index is 2.31. The van der Waals surface area contributed by atoms with Gasteiger partial charge in [-0.05, 0) is 18.8 Å². The van der Waals surface area contributed by atoms with E-state index in [2.05, 4.69) is 10.6 Å². The maximum absolute atomic E-state index is 11.5. The van der Waals surface area contributed by atoms with E-state index >= 15 is 0 Å². The van der Waals surface area contributed by atoms with Crippen LogP contribution in [0.15, 0.2) is 0 Å². The predicted octanol–water partition coefficient (Wildman–Crippen LogP) is -0.959. The van der Waals surface area contributed by atoms with Gasteiger partial charge in [0.15, 0.2) is 0 Å². The van der Waals surface area contributed by atoms with Crippen LogP contribution in [0.3, 0.4) is 0 Å². The number of carbonyl (C=O) groups excluding carboxylic acids is 2. The van der Waals surface area contributed by atoms with Gasteiger partial charge in [0.05, 0.1) is 13.0 Å². The number of aliphatic carboxylic acids is 1. The molecule has 5 N–H and O–H groups in total.